The second-order valence-electron chi connectivity index (χ2n) is 6.66. The molecule has 0 heterocycles. The van der Waals surface area contributed by atoms with Crippen molar-refractivity contribution in [2.24, 2.45) is 11.3 Å². The Balaban J connectivity index is 2.82. The van der Waals surface area contributed by atoms with Crippen LogP contribution < -0.4 is 0 Å². The zero-order valence-electron chi connectivity index (χ0n) is 13.7. The molecular weight excluding hydrogens is 260 g/mol. The Morgan fingerprint density at radius 3 is 2.62 bits per heavy atom. The molecule has 21 heavy (non-hydrogen) atoms. The summed E-state index contributed by atoms with van der Waals surface area (Å²) in [5.74, 6) is -0.103. The van der Waals surface area contributed by atoms with Crippen LogP contribution in [0.2, 0.25) is 0 Å². The van der Waals surface area contributed by atoms with Gasteiger partial charge in [0.2, 0.25) is 0 Å². The summed E-state index contributed by atoms with van der Waals surface area (Å²) in [6.07, 6.45) is 11.2. The molecule has 0 radical (unpaired) electrons. The minimum Gasteiger partial charge on any atom is -0.388 e. The topological polar surface area (TPSA) is 37.3 Å². The third-order valence-corrected chi connectivity index (χ3v) is 4.25. The molecular formula is C19H28O2. The predicted molar refractivity (Wildman–Crippen MR) is 89.0 cm³/mol. The van der Waals surface area contributed by atoms with Crippen LogP contribution >= 0.6 is 0 Å². The molecule has 2 heteroatoms. The molecule has 1 fully saturated rings. The number of aliphatic hydroxyl groups is 1. The quantitative estimate of drug-likeness (QED) is 0.762. The van der Waals surface area contributed by atoms with Gasteiger partial charge in [0.05, 0.1) is 12.0 Å². The number of allylic oxidation sites excluding steroid dienone is 6. The minimum atomic E-state index is -0.707. The Kier molecular flexibility index (Phi) is 6.35. The Morgan fingerprint density at radius 2 is 2.05 bits per heavy atom. The number of hydrogen-bond acceptors (Lipinski definition) is 2. The molecule has 1 aliphatic rings. The first-order chi connectivity index (χ1) is 9.77. The molecule has 0 aromatic rings. The van der Waals surface area contributed by atoms with Crippen LogP contribution in [0.4, 0.5) is 0 Å². The minimum absolute atomic E-state index is 0.130. The van der Waals surface area contributed by atoms with Crippen molar-refractivity contribution in [3.63, 3.8) is 0 Å². The second-order valence-corrected chi connectivity index (χ2v) is 6.66. The fraction of sp³-hybridized carbons (Fsp3) is 0.526. The molecule has 0 bridgehead atoms. The number of carbonyl (C=O) groups is 1. The molecule has 2 nitrogen and oxygen atoms in total. The van der Waals surface area contributed by atoms with Crippen LogP contribution in [-0.4, -0.2) is 17.0 Å². The fourth-order valence-corrected chi connectivity index (χ4v) is 2.96. The van der Waals surface area contributed by atoms with Crippen molar-refractivity contribution in [3.8, 4) is 0 Å². The van der Waals surface area contributed by atoms with Gasteiger partial charge in [0.25, 0.3) is 0 Å². The number of rotatable bonds is 5. The van der Waals surface area contributed by atoms with Gasteiger partial charge in [-0.3, -0.25) is 4.79 Å². The van der Waals surface area contributed by atoms with E-state index in [0.29, 0.717) is 6.42 Å². The first-order valence-electron chi connectivity index (χ1n) is 7.64. The van der Waals surface area contributed by atoms with E-state index in [4.69, 9.17) is 0 Å². The van der Waals surface area contributed by atoms with E-state index in [1.807, 2.05) is 32.1 Å². The van der Waals surface area contributed by atoms with Gasteiger partial charge in [-0.15, -0.1) is 0 Å². The summed E-state index contributed by atoms with van der Waals surface area (Å²) in [6, 6.07) is 0. The lowest BCUT2D eigenvalue weighted by atomic mass is 9.66. The van der Waals surface area contributed by atoms with Gasteiger partial charge >= 0.3 is 0 Å². The smallest absolute Gasteiger partial charge is 0.139 e. The van der Waals surface area contributed by atoms with E-state index >= 15 is 0 Å². The lowest BCUT2D eigenvalue weighted by molar-refractivity contribution is -0.133. The molecule has 2 atom stereocenters. The summed E-state index contributed by atoms with van der Waals surface area (Å²) in [5, 5.41) is 10.4. The Morgan fingerprint density at radius 1 is 1.38 bits per heavy atom. The Bertz CT molecular complexity index is 478. The molecule has 0 aromatic heterocycles. The van der Waals surface area contributed by atoms with Crippen molar-refractivity contribution in [2.75, 3.05) is 0 Å². The van der Waals surface area contributed by atoms with Gasteiger partial charge < -0.3 is 5.11 Å². The monoisotopic (exact) mass is 288 g/mol. The molecule has 0 amide bonds. The fourth-order valence-electron chi connectivity index (χ4n) is 2.96. The van der Waals surface area contributed by atoms with Crippen molar-refractivity contribution in [1.29, 1.82) is 0 Å². The second kappa shape index (κ2) is 7.56. The van der Waals surface area contributed by atoms with E-state index in [1.165, 1.54) is 0 Å². The van der Waals surface area contributed by atoms with Gasteiger partial charge in [-0.25, -0.2) is 0 Å². The first-order valence-corrected chi connectivity index (χ1v) is 7.64. The molecule has 1 saturated carbocycles. The molecule has 1 rings (SSSR count). The molecule has 116 valence electrons. The number of hydrogen-bond donors (Lipinski definition) is 1. The lowest BCUT2D eigenvalue weighted by Crippen LogP contribution is -2.42. The molecule has 1 aliphatic carbocycles. The summed E-state index contributed by atoms with van der Waals surface area (Å²) in [4.78, 5) is 12.1. The predicted octanol–water partition coefficient (Wildman–Crippen LogP) is 4.38. The summed E-state index contributed by atoms with van der Waals surface area (Å²) in [6.45, 7) is 11.8. The third-order valence-electron chi connectivity index (χ3n) is 4.25. The van der Waals surface area contributed by atoms with E-state index in [-0.39, 0.29) is 17.1 Å². The van der Waals surface area contributed by atoms with Crippen LogP contribution in [0.3, 0.4) is 0 Å². The molecule has 0 saturated heterocycles. The Hall–Kier alpha value is -1.41. The van der Waals surface area contributed by atoms with Crippen LogP contribution in [0.1, 0.15) is 47.0 Å². The third kappa shape index (κ3) is 5.13. The van der Waals surface area contributed by atoms with E-state index < -0.39 is 6.10 Å². The van der Waals surface area contributed by atoms with Crippen molar-refractivity contribution in [3.05, 3.63) is 48.1 Å². The Labute approximate surface area is 128 Å². The zero-order valence-corrected chi connectivity index (χ0v) is 13.7. The summed E-state index contributed by atoms with van der Waals surface area (Å²) >= 11 is 0. The van der Waals surface area contributed by atoms with Gasteiger partial charge in [0, 0.05) is 6.42 Å². The van der Waals surface area contributed by atoms with Crippen LogP contribution in [0.5, 0.6) is 0 Å². The van der Waals surface area contributed by atoms with Gasteiger partial charge in [0.15, 0.2) is 0 Å². The van der Waals surface area contributed by atoms with Gasteiger partial charge in [-0.2, -0.15) is 0 Å². The number of aliphatic hydroxyl groups excluding tert-OH is 1. The van der Waals surface area contributed by atoms with Gasteiger partial charge in [-0.1, -0.05) is 62.0 Å². The maximum absolute atomic E-state index is 12.1. The largest absolute Gasteiger partial charge is 0.388 e. The summed E-state index contributed by atoms with van der Waals surface area (Å²) < 4.78 is 0. The zero-order chi connectivity index (χ0) is 16.0. The van der Waals surface area contributed by atoms with E-state index in [2.05, 4.69) is 20.4 Å². The summed E-state index contributed by atoms with van der Waals surface area (Å²) in [5.41, 5.74) is 1.92. The molecule has 0 aromatic carbocycles. The maximum atomic E-state index is 12.1. The van der Waals surface area contributed by atoms with Crippen molar-refractivity contribution in [1.82, 2.24) is 0 Å². The average Bonchev–Trinajstić information content (AvgIpc) is 2.36. The lowest BCUT2D eigenvalue weighted by Gasteiger charge is -2.39. The molecule has 0 aliphatic heterocycles. The van der Waals surface area contributed by atoms with Crippen LogP contribution in [-0.2, 0) is 4.79 Å². The highest BCUT2D eigenvalue weighted by Crippen LogP contribution is 2.40. The normalized spacial score (nSPS) is 25.2. The number of carbonyl (C=O) groups excluding carboxylic acids is 1. The van der Waals surface area contributed by atoms with E-state index in [1.54, 1.807) is 12.2 Å². The average molecular weight is 288 g/mol. The van der Waals surface area contributed by atoms with E-state index in [9.17, 15) is 9.90 Å². The van der Waals surface area contributed by atoms with Crippen molar-refractivity contribution >= 4 is 5.78 Å². The van der Waals surface area contributed by atoms with Crippen molar-refractivity contribution in [2.45, 2.75) is 53.1 Å². The highest BCUT2D eigenvalue weighted by molar-refractivity contribution is 5.83. The maximum Gasteiger partial charge on any atom is 0.139 e. The standard InChI is InChI=1S/C19H28O2/c1-6-14(2)9-7-10-15(3)13-17(21)18-16(20)11-8-12-19(18,4)5/h6-7,9-10,13,17-18,21H,1,8,11-12H2,2-5H3/b10-7+,14-9+,15-13+. The van der Waals surface area contributed by atoms with Crippen LogP contribution in [0, 0.1) is 11.3 Å². The first kappa shape index (κ1) is 17.6. The van der Waals surface area contributed by atoms with Gasteiger partial charge in [-0.05, 0) is 32.1 Å². The molecule has 0 spiro atoms. The number of ketones is 1. The van der Waals surface area contributed by atoms with Gasteiger partial charge in [0.1, 0.15) is 5.78 Å². The van der Waals surface area contributed by atoms with Crippen LogP contribution in [0.25, 0.3) is 0 Å². The van der Waals surface area contributed by atoms with Crippen molar-refractivity contribution < 1.29 is 9.90 Å². The van der Waals surface area contributed by atoms with Crippen LogP contribution in [0.15, 0.2) is 48.1 Å². The molecule has 2 unspecified atom stereocenters. The highest BCUT2D eigenvalue weighted by atomic mass is 16.3. The number of Topliss-reactive ketones (excluding diaryl/α,β-unsaturated/α-hetero) is 1. The summed E-state index contributed by atoms with van der Waals surface area (Å²) in [7, 11) is 0. The SMILES string of the molecule is C=C/C(C)=C/C=C/C(C)=C/C(O)C1C(=O)CCCC1(C)C. The molecule has 1 N–H and O–H groups in total. The van der Waals surface area contributed by atoms with E-state index in [0.717, 1.165) is 24.0 Å². The highest BCUT2D eigenvalue weighted by Gasteiger charge is 2.41.